The Kier molecular flexibility index (Phi) is 6.12. The summed E-state index contributed by atoms with van der Waals surface area (Å²) in [6, 6.07) is 9.66. The van der Waals surface area contributed by atoms with Gasteiger partial charge in [0.2, 0.25) is 0 Å². The molecule has 140 valence electrons. The molecule has 1 aromatic carbocycles. The first-order valence-corrected chi connectivity index (χ1v) is 9.34. The van der Waals surface area contributed by atoms with Crippen LogP contribution < -0.4 is 4.74 Å². The van der Waals surface area contributed by atoms with Crippen molar-refractivity contribution in [3.63, 3.8) is 0 Å². The molecule has 1 fully saturated rings. The number of benzene rings is 1. The molecule has 3 rings (SSSR count). The lowest BCUT2D eigenvalue weighted by molar-refractivity contribution is -0.140. The predicted molar refractivity (Wildman–Crippen MR) is 97.5 cm³/mol. The monoisotopic (exact) mass is 367 g/mol. The third-order valence-corrected chi connectivity index (χ3v) is 5.00. The minimum Gasteiger partial charge on any atom is -0.426 e. The Morgan fingerprint density at radius 1 is 1.22 bits per heavy atom. The van der Waals surface area contributed by atoms with Crippen molar-refractivity contribution in [2.45, 2.75) is 51.4 Å². The van der Waals surface area contributed by atoms with E-state index < -0.39 is 5.82 Å². The van der Waals surface area contributed by atoms with Crippen LogP contribution in [0.2, 0.25) is 0 Å². The van der Waals surface area contributed by atoms with Crippen LogP contribution >= 0.6 is 0 Å². The third-order valence-electron chi connectivity index (χ3n) is 5.00. The van der Waals surface area contributed by atoms with E-state index >= 15 is 0 Å². The molecule has 0 saturated heterocycles. The van der Waals surface area contributed by atoms with E-state index in [1.165, 1.54) is 12.1 Å². The Hall–Kier alpha value is -2.81. The summed E-state index contributed by atoms with van der Waals surface area (Å²) in [5.41, 5.74) is 1.92. The molecular formula is C21H22FN3O2. The van der Waals surface area contributed by atoms with Gasteiger partial charge in [-0.1, -0.05) is 13.3 Å². The van der Waals surface area contributed by atoms with E-state index in [0.717, 1.165) is 43.1 Å². The smallest absolute Gasteiger partial charge is 0.314 e. The van der Waals surface area contributed by atoms with E-state index in [2.05, 4.69) is 17.1 Å². The highest BCUT2D eigenvalue weighted by Crippen LogP contribution is 2.35. The van der Waals surface area contributed by atoms with E-state index in [1.54, 1.807) is 6.07 Å². The molecule has 1 aromatic heterocycles. The molecule has 0 spiro atoms. The summed E-state index contributed by atoms with van der Waals surface area (Å²) in [6.07, 6.45) is 5.10. The second-order valence-electron chi connectivity index (χ2n) is 6.92. The fourth-order valence-corrected chi connectivity index (χ4v) is 3.45. The number of ether oxygens (including phenoxy) is 1. The topological polar surface area (TPSA) is 75.9 Å². The summed E-state index contributed by atoms with van der Waals surface area (Å²) >= 11 is 0. The minimum atomic E-state index is -0.684. The Morgan fingerprint density at radius 3 is 2.59 bits per heavy atom. The van der Waals surface area contributed by atoms with Crippen LogP contribution in [-0.2, 0) is 11.2 Å². The summed E-state index contributed by atoms with van der Waals surface area (Å²) in [4.78, 5) is 12.4. The highest BCUT2D eigenvalue weighted by Gasteiger charge is 2.29. The maximum absolute atomic E-state index is 13.6. The Morgan fingerprint density at radius 2 is 2.00 bits per heavy atom. The van der Waals surface area contributed by atoms with Gasteiger partial charge in [0, 0.05) is 12.0 Å². The number of esters is 1. The number of halogens is 1. The zero-order chi connectivity index (χ0) is 19.2. The molecule has 0 unspecified atom stereocenters. The molecule has 0 atom stereocenters. The predicted octanol–water partition coefficient (Wildman–Crippen LogP) is 4.32. The Bertz CT molecular complexity index is 837. The lowest BCUT2D eigenvalue weighted by Gasteiger charge is -2.26. The average Bonchev–Trinajstić information content (AvgIpc) is 2.69. The van der Waals surface area contributed by atoms with Gasteiger partial charge in [0.15, 0.2) is 0 Å². The van der Waals surface area contributed by atoms with Gasteiger partial charge in [-0.2, -0.15) is 15.5 Å². The van der Waals surface area contributed by atoms with Crippen molar-refractivity contribution < 1.29 is 13.9 Å². The zero-order valence-corrected chi connectivity index (χ0v) is 15.3. The highest BCUT2D eigenvalue weighted by atomic mass is 19.1. The zero-order valence-electron chi connectivity index (χ0n) is 15.3. The minimum absolute atomic E-state index is 0.0682. The van der Waals surface area contributed by atoms with E-state index in [0.29, 0.717) is 18.8 Å². The SMILES string of the molecule is CCCc1ccc(C2CCC(C(=O)Oc3ccc(C#N)c(F)c3)CC2)nn1. The summed E-state index contributed by atoms with van der Waals surface area (Å²) in [6.45, 7) is 2.11. The number of carbonyl (C=O) groups excluding carboxylic acids is 1. The molecule has 27 heavy (non-hydrogen) atoms. The second kappa shape index (κ2) is 8.72. The molecule has 1 heterocycles. The molecular weight excluding hydrogens is 345 g/mol. The van der Waals surface area contributed by atoms with E-state index in [-0.39, 0.29) is 23.2 Å². The van der Waals surface area contributed by atoms with Gasteiger partial charge in [-0.3, -0.25) is 4.79 Å². The quantitative estimate of drug-likeness (QED) is 0.581. The maximum Gasteiger partial charge on any atom is 0.314 e. The van der Waals surface area contributed by atoms with Crippen molar-refractivity contribution in [2.75, 3.05) is 0 Å². The number of aromatic nitrogens is 2. The fourth-order valence-electron chi connectivity index (χ4n) is 3.45. The molecule has 0 N–H and O–H groups in total. The fraction of sp³-hybridized carbons (Fsp3) is 0.429. The van der Waals surface area contributed by atoms with Gasteiger partial charge in [0.25, 0.3) is 0 Å². The Balaban J connectivity index is 1.54. The van der Waals surface area contributed by atoms with Crippen LogP contribution in [0.1, 0.15) is 61.9 Å². The molecule has 0 bridgehead atoms. The number of hydrogen-bond acceptors (Lipinski definition) is 5. The van der Waals surface area contributed by atoms with Crippen molar-refractivity contribution in [1.29, 1.82) is 5.26 Å². The second-order valence-corrected chi connectivity index (χ2v) is 6.92. The molecule has 0 amide bonds. The van der Waals surface area contributed by atoms with E-state index in [4.69, 9.17) is 10.00 Å². The summed E-state index contributed by atoms with van der Waals surface area (Å²) < 4.78 is 18.9. The van der Waals surface area contributed by atoms with Crippen LogP contribution in [0.15, 0.2) is 30.3 Å². The lowest BCUT2D eigenvalue weighted by Crippen LogP contribution is -2.25. The van der Waals surface area contributed by atoms with Crippen molar-refractivity contribution in [3.8, 4) is 11.8 Å². The number of hydrogen-bond donors (Lipinski definition) is 0. The van der Waals surface area contributed by atoms with Gasteiger partial charge in [-0.15, -0.1) is 0 Å². The van der Waals surface area contributed by atoms with Gasteiger partial charge in [-0.25, -0.2) is 4.39 Å². The van der Waals surface area contributed by atoms with Gasteiger partial charge < -0.3 is 4.74 Å². The van der Waals surface area contributed by atoms with Gasteiger partial charge in [0.05, 0.1) is 22.9 Å². The summed E-state index contributed by atoms with van der Waals surface area (Å²) in [5.74, 6) is -0.786. The summed E-state index contributed by atoms with van der Waals surface area (Å²) in [7, 11) is 0. The van der Waals surface area contributed by atoms with Gasteiger partial charge >= 0.3 is 5.97 Å². The first kappa shape index (κ1) is 19.0. The van der Waals surface area contributed by atoms with E-state index in [1.807, 2.05) is 12.1 Å². The molecule has 2 aromatic rings. The van der Waals surface area contributed by atoms with Crippen molar-refractivity contribution in [2.24, 2.45) is 5.92 Å². The summed E-state index contributed by atoms with van der Waals surface area (Å²) in [5, 5.41) is 17.4. The van der Waals surface area contributed by atoms with Crippen molar-refractivity contribution >= 4 is 5.97 Å². The number of nitriles is 1. The first-order valence-electron chi connectivity index (χ1n) is 9.34. The number of rotatable bonds is 5. The number of carbonyl (C=O) groups is 1. The standard InChI is InChI=1S/C21H22FN3O2/c1-2-3-17-9-11-20(25-24-17)14-4-6-15(7-5-14)21(26)27-18-10-8-16(13-23)19(22)12-18/h8-12,14-15H,2-7H2,1H3. The number of aryl methyl sites for hydroxylation is 1. The van der Waals surface area contributed by atoms with Gasteiger partial charge in [0.1, 0.15) is 17.6 Å². The maximum atomic E-state index is 13.6. The highest BCUT2D eigenvalue weighted by molar-refractivity contribution is 5.75. The average molecular weight is 367 g/mol. The van der Waals surface area contributed by atoms with Crippen LogP contribution in [-0.4, -0.2) is 16.2 Å². The van der Waals surface area contributed by atoms with Crippen LogP contribution in [0.25, 0.3) is 0 Å². The largest absolute Gasteiger partial charge is 0.426 e. The molecule has 0 radical (unpaired) electrons. The molecule has 1 saturated carbocycles. The lowest BCUT2D eigenvalue weighted by atomic mass is 9.80. The van der Waals surface area contributed by atoms with Crippen molar-refractivity contribution in [3.05, 3.63) is 53.1 Å². The van der Waals surface area contributed by atoms with Gasteiger partial charge in [-0.05, 0) is 56.4 Å². The number of nitrogens with zero attached hydrogens (tertiary/aromatic N) is 3. The first-order chi connectivity index (χ1) is 13.1. The molecule has 0 aliphatic heterocycles. The van der Waals surface area contributed by atoms with Crippen molar-refractivity contribution in [1.82, 2.24) is 10.2 Å². The van der Waals surface area contributed by atoms with E-state index in [9.17, 15) is 9.18 Å². The molecule has 5 nitrogen and oxygen atoms in total. The van der Waals surface area contributed by atoms with Crippen LogP contribution in [0.3, 0.4) is 0 Å². The molecule has 1 aliphatic carbocycles. The molecule has 1 aliphatic rings. The molecule has 6 heteroatoms. The Labute approximate surface area is 158 Å². The normalized spacial score (nSPS) is 19.3. The third kappa shape index (κ3) is 4.68. The van der Waals surface area contributed by atoms with Crippen LogP contribution in [0.4, 0.5) is 4.39 Å². The van der Waals surface area contributed by atoms with Crippen LogP contribution in [0, 0.1) is 23.1 Å². The van der Waals surface area contributed by atoms with Crippen LogP contribution in [0.5, 0.6) is 5.75 Å².